The summed E-state index contributed by atoms with van der Waals surface area (Å²) in [5, 5.41) is 19.4. The number of aliphatic hydroxyl groups excluding tert-OH is 1. The molecule has 1 aromatic heterocycles. The molecular weight excluding hydrogens is 346 g/mol. The van der Waals surface area contributed by atoms with Crippen LogP contribution in [-0.2, 0) is 13.0 Å². The second kappa shape index (κ2) is 8.18. The summed E-state index contributed by atoms with van der Waals surface area (Å²) in [6.45, 7) is 1.96. The Bertz CT molecular complexity index is 939. The second-order valence-electron chi connectivity index (χ2n) is 6.07. The standard InChI is InChI=1S/C21H20ClN3O/c1-2-3-8-20-24-21(22)19(14-26)25(20)17-11-9-15(10-12-17)18-7-5-4-6-16(18)13-23/h4-7,9-12,26H,2-3,8,14H2,1H3. The van der Waals surface area contributed by atoms with Crippen LogP contribution in [0, 0.1) is 11.3 Å². The first-order chi connectivity index (χ1) is 12.7. The predicted octanol–water partition coefficient (Wildman–Crippen LogP) is 4.90. The highest BCUT2D eigenvalue weighted by Gasteiger charge is 2.16. The summed E-state index contributed by atoms with van der Waals surface area (Å²) in [7, 11) is 0. The number of imidazole rings is 1. The highest BCUT2D eigenvalue weighted by molar-refractivity contribution is 6.30. The molecule has 132 valence electrons. The van der Waals surface area contributed by atoms with E-state index in [2.05, 4.69) is 18.0 Å². The maximum Gasteiger partial charge on any atom is 0.153 e. The molecular formula is C21H20ClN3O. The summed E-state index contributed by atoms with van der Waals surface area (Å²) in [5.74, 6) is 0.853. The third-order valence-electron chi connectivity index (χ3n) is 4.38. The molecule has 2 aromatic carbocycles. The molecule has 0 amide bonds. The van der Waals surface area contributed by atoms with Gasteiger partial charge in [0.25, 0.3) is 0 Å². The van der Waals surface area contributed by atoms with Crippen molar-refractivity contribution in [2.45, 2.75) is 32.8 Å². The van der Waals surface area contributed by atoms with Crippen LogP contribution in [0.5, 0.6) is 0 Å². The average molecular weight is 366 g/mol. The van der Waals surface area contributed by atoms with E-state index in [-0.39, 0.29) is 6.61 Å². The summed E-state index contributed by atoms with van der Waals surface area (Å²) >= 11 is 6.22. The van der Waals surface area contributed by atoms with E-state index in [1.54, 1.807) is 0 Å². The van der Waals surface area contributed by atoms with Crippen LogP contribution in [0.25, 0.3) is 16.8 Å². The molecule has 0 bridgehead atoms. The van der Waals surface area contributed by atoms with E-state index < -0.39 is 0 Å². The number of hydrogen-bond acceptors (Lipinski definition) is 3. The molecule has 0 spiro atoms. The van der Waals surface area contributed by atoms with Gasteiger partial charge in [-0.1, -0.05) is 55.3 Å². The van der Waals surface area contributed by atoms with Gasteiger partial charge in [0.1, 0.15) is 5.82 Å². The predicted molar refractivity (Wildman–Crippen MR) is 103 cm³/mol. The number of aromatic nitrogens is 2. The molecule has 0 unspecified atom stereocenters. The number of hydrogen-bond donors (Lipinski definition) is 1. The Kier molecular flexibility index (Phi) is 5.72. The quantitative estimate of drug-likeness (QED) is 0.675. The molecule has 3 aromatic rings. The summed E-state index contributed by atoms with van der Waals surface area (Å²) in [6.07, 6.45) is 2.86. The molecule has 0 radical (unpaired) electrons. The lowest BCUT2D eigenvalue weighted by Crippen LogP contribution is -2.05. The van der Waals surface area contributed by atoms with Crippen LogP contribution >= 0.6 is 11.6 Å². The van der Waals surface area contributed by atoms with Gasteiger partial charge in [-0.25, -0.2) is 4.98 Å². The molecule has 3 rings (SSSR count). The van der Waals surface area contributed by atoms with E-state index in [1.807, 2.05) is 53.1 Å². The minimum absolute atomic E-state index is 0.170. The molecule has 1 heterocycles. The van der Waals surface area contributed by atoms with Gasteiger partial charge < -0.3 is 5.11 Å². The molecule has 0 aliphatic rings. The molecule has 1 N–H and O–H groups in total. The number of rotatable bonds is 6. The van der Waals surface area contributed by atoms with Crippen molar-refractivity contribution < 1.29 is 5.11 Å². The van der Waals surface area contributed by atoms with Crippen LogP contribution in [0.15, 0.2) is 48.5 Å². The molecule has 0 aliphatic carbocycles. The minimum atomic E-state index is -0.170. The highest BCUT2D eigenvalue weighted by Crippen LogP contribution is 2.27. The summed E-state index contributed by atoms with van der Waals surface area (Å²) in [4.78, 5) is 4.43. The zero-order valence-corrected chi connectivity index (χ0v) is 15.4. The zero-order chi connectivity index (χ0) is 18.5. The van der Waals surface area contributed by atoms with Crippen LogP contribution in [-0.4, -0.2) is 14.7 Å². The van der Waals surface area contributed by atoms with E-state index in [4.69, 9.17) is 11.6 Å². The smallest absolute Gasteiger partial charge is 0.153 e. The van der Waals surface area contributed by atoms with E-state index in [1.165, 1.54) is 0 Å². The molecule has 0 aliphatic heterocycles. The summed E-state index contributed by atoms with van der Waals surface area (Å²) in [5.41, 5.74) is 4.02. The molecule has 26 heavy (non-hydrogen) atoms. The maximum absolute atomic E-state index is 9.72. The Morgan fingerprint density at radius 2 is 1.88 bits per heavy atom. The number of benzene rings is 2. The van der Waals surface area contributed by atoms with Gasteiger partial charge in [0, 0.05) is 12.1 Å². The van der Waals surface area contributed by atoms with Crippen molar-refractivity contribution in [3.8, 4) is 22.9 Å². The van der Waals surface area contributed by atoms with Gasteiger partial charge in [0.2, 0.25) is 0 Å². The average Bonchev–Trinajstić information content (AvgIpc) is 3.01. The van der Waals surface area contributed by atoms with Crippen LogP contribution < -0.4 is 0 Å². The fraction of sp³-hybridized carbons (Fsp3) is 0.238. The third-order valence-corrected chi connectivity index (χ3v) is 4.68. The fourth-order valence-corrected chi connectivity index (χ4v) is 3.28. The zero-order valence-electron chi connectivity index (χ0n) is 14.6. The lowest BCUT2D eigenvalue weighted by molar-refractivity contribution is 0.274. The largest absolute Gasteiger partial charge is 0.390 e. The van der Waals surface area contributed by atoms with Gasteiger partial charge in [0.15, 0.2) is 5.15 Å². The number of unbranched alkanes of at least 4 members (excludes halogenated alkanes) is 1. The Labute approximate surface area is 158 Å². The van der Waals surface area contributed by atoms with Crippen molar-refractivity contribution >= 4 is 11.6 Å². The van der Waals surface area contributed by atoms with Crippen molar-refractivity contribution in [3.63, 3.8) is 0 Å². The Balaban J connectivity index is 2.03. The summed E-state index contributed by atoms with van der Waals surface area (Å²) in [6, 6.07) is 17.6. The van der Waals surface area contributed by atoms with Gasteiger partial charge >= 0.3 is 0 Å². The Morgan fingerprint density at radius 1 is 1.15 bits per heavy atom. The van der Waals surface area contributed by atoms with Gasteiger partial charge in [-0.15, -0.1) is 0 Å². The van der Waals surface area contributed by atoms with E-state index in [0.717, 1.165) is 41.9 Å². The first-order valence-electron chi connectivity index (χ1n) is 8.66. The topological polar surface area (TPSA) is 61.8 Å². The monoisotopic (exact) mass is 365 g/mol. The number of halogens is 1. The van der Waals surface area contributed by atoms with Crippen LogP contribution in [0.1, 0.15) is 36.8 Å². The Morgan fingerprint density at radius 3 is 2.54 bits per heavy atom. The molecule has 0 saturated heterocycles. The molecule has 4 nitrogen and oxygen atoms in total. The SMILES string of the molecule is CCCCc1nc(Cl)c(CO)n1-c1ccc(-c2ccccc2C#N)cc1. The van der Waals surface area contributed by atoms with Crippen LogP contribution in [0.3, 0.4) is 0 Å². The van der Waals surface area contributed by atoms with Crippen molar-refractivity contribution in [2.24, 2.45) is 0 Å². The van der Waals surface area contributed by atoms with E-state index in [9.17, 15) is 10.4 Å². The van der Waals surface area contributed by atoms with Crippen molar-refractivity contribution in [2.75, 3.05) is 0 Å². The second-order valence-corrected chi connectivity index (χ2v) is 6.42. The lowest BCUT2D eigenvalue weighted by atomic mass is 10.0. The van der Waals surface area contributed by atoms with Crippen molar-refractivity contribution in [3.05, 3.63) is 70.8 Å². The van der Waals surface area contributed by atoms with Gasteiger partial charge in [0.05, 0.1) is 23.9 Å². The number of nitriles is 1. The highest BCUT2D eigenvalue weighted by atomic mass is 35.5. The van der Waals surface area contributed by atoms with Gasteiger partial charge in [-0.05, 0) is 35.7 Å². The molecule has 5 heteroatoms. The first-order valence-corrected chi connectivity index (χ1v) is 9.04. The van der Waals surface area contributed by atoms with E-state index in [0.29, 0.717) is 16.4 Å². The lowest BCUT2D eigenvalue weighted by Gasteiger charge is -2.12. The van der Waals surface area contributed by atoms with Crippen LogP contribution in [0.4, 0.5) is 0 Å². The maximum atomic E-state index is 9.72. The molecule has 0 fully saturated rings. The number of aryl methyl sites for hydroxylation is 1. The normalized spacial score (nSPS) is 10.7. The Hall–Kier alpha value is -2.61. The number of aliphatic hydroxyl groups is 1. The minimum Gasteiger partial charge on any atom is -0.390 e. The van der Waals surface area contributed by atoms with E-state index >= 15 is 0 Å². The first kappa shape index (κ1) is 18.2. The molecule has 0 atom stereocenters. The fourth-order valence-electron chi connectivity index (χ4n) is 3.04. The van der Waals surface area contributed by atoms with Gasteiger partial charge in [-0.3, -0.25) is 4.57 Å². The van der Waals surface area contributed by atoms with Gasteiger partial charge in [-0.2, -0.15) is 5.26 Å². The summed E-state index contributed by atoms with van der Waals surface area (Å²) < 4.78 is 1.93. The molecule has 0 saturated carbocycles. The van der Waals surface area contributed by atoms with Crippen LogP contribution in [0.2, 0.25) is 5.15 Å². The van der Waals surface area contributed by atoms with Crippen molar-refractivity contribution in [1.82, 2.24) is 9.55 Å². The third kappa shape index (κ3) is 3.50. The number of nitrogens with zero attached hydrogens (tertiary/aromatic N) is 3. The van der Waals surface area contributed by atoms with Crippen molar-refractivity contribution in [1.29, 1.82) is 5.26 Å².